The van der Waals surface area contributed by atoms with E-state index in [9.17, 15) is 9.59 Å². The molecule has 1 N–H and O–H groups in total. The van der Waals surface area contributed by atoms with Gasteiger partial charge in [0, 0.05) is 40.2 Å². The minimum absolute atomic E-state index is 0.0144. The summed E-state index contributed by atoms with van der Waals surface area (Å²) in [4.78, 5) is 30.9. The molecule has 1 atom stereocenters. The third-order valence-corrected chi connectivity index (χ3v) is 5.36. The lowest BCUT2D eigenvalue weighted by Crippen LogP contribution is -2.29. The van der Waals surface area contributed by atoms with Crippen molar-refractivity contribution in [2.24, 2.45) is 0 Å². The van der Waals surface area contributed by atoms with Gasteiger partial charge in [-0.3, -0.25) is 4.79 Å². The van der Waals surface area contributed by atoms with Crippen molar-refractivity contribution < 1.29 is 14.3 Å². The number of carbonyl (C=O) groups is 2. The third kappa shape index (κ3) is 3.54. The number of esters is 1. The second-order valence-electron chi connectivity index (χ2n) is 7.09. The Morgan fingerprint density at radius 2 is 1.90 bits per heavy atom. The van der Waals surface area contributed by atoms with Crippen LogP contribution in [0.3, 0.4) is 0 Å². The molecule has 0 aliphatic carbocycles. The molecule has 1 unspecified atom stereocenters. The highest BCUT2D eigenvalue weighted by atomic mass is 35.5. The first-order valence-corrected chi connectivity index (χ1v) is 9.93. The number of aromatic nitrogens is 1. The largest absolute Gasteiger partial charge is 0.462 e. The lowest BCUT2D eigenvalue weighted by Gasteiger charge is -2.21. The van der Waals surface area contributed by atoms with Crippen LogP contribution in [0.2, 0.25) is 5.02 Å². The van der Waals surface area contributed by atoms with E-state index in [1.807, 2.05) is 24.3 Å². The van der Waals surface area contributed by atoms with E-state index in [0.29, 0.717) is 28.4 Å². The minimum atomic E-state index is -0.455. The average molecular weight is 409 g/mol. The van der Waals surface area contributed by atoms with Crippen LogP contribution >= 0.6 is 11.6 Å². The number of ether oxygens (including phenoxy) is 1. The van der Waals surface area contributed by atoms with Gasteiger partial charge in [-0.1, -0.05) is 36.7 Å². The summed E-state index contributed by atoms with van der Waals surface area (Å²) < 4.78 is 5.29. The number of hydrogen-bond donors (Lipinski definition) is 1. The molecule has 2 heterocycles. The molecule has 1 aliphatic heterocycles. The number of amides is 1. The van der Waals surface area contributed by atoms with Crippen molar-refractivity contribution in [1.82, 2.24) is 9.88 Å². The zero-order valence-corrected chi connectivity index (χ0v) is 17.0. The zero-order chi connectivity index (χ0) is 20.5. The summed E-state index contributed by atoms with van der Waals surface area (Å²) in [7, 11) is 0. The predicted octanol–water partition coefficient (Wildman–Crippen LogP) is 4.98. The van der Waals surface area contributed by atoms with Gasteiger partial charge < -0.3 is 14.6 Å². The monoisotopic (exact) mass is 408 g/mol. The maximum absolute atomic E-state index is 13.1. The molecule has 0 spiro atoms. The van der Waals surface area contributed by atoms with Crippen molar-refractivity contribution in [2.45, 2.75) is 19.8 Å². The van der Waals surface area contributed by atoms with E-state index in [1.165, 1.54) is 0 Å². The molecule has 4 rings (SSSR count). The van der Waals surface area contributed by atoms with Gasteiger partial charge in [0.1, 0.15) is 0 Å². The molecule has 6 heteroatoms. The number of nitrogens with zero attached hydrogens (tertiary/aromatic N) is 1. The molecule has 0 saturated heterocycles. The van der Waals surface area contributed by atoms with Gasteiger partial charge in [0.15, 0.2) is 0 Å². The highest BCUT2D eigenvalue weighted by Gasteiger charge is 2.31. The van der Waals surface area contributed by atoms with E-state index in [0.717, 1.165) is 16.5 Å². The van der Waals surface area contributed by atoms with Gasteiger partial charge in [-0.2, -0.15) is 0 Å². The lowest BCUT2D eigenvalue weighted by atomic mass is 9.96. The molecule has 0 radical (unpaired) electrons. The molecule has 0 fully saturated rings. The topological polar surface area (TPSA) is 62.4 Å². The van der Waals surface area contributed by atoms with Crippen molar-refractivity contribution in [3.63, 3.8) is 0 Å². The number of rotatable bonds is 3. The number of halogens is 1. The fraction of sp³-hybridized carbons (Fsp3) is 0.217. The Bertz CT molecular complexity index is 1110. The van der Waals surface area contributed by atoms with Crippen LogP contribution in [0.25, 0.3) is 16.5 Å². The quantitative estimate of drug-likeness (QED) is 0.621. The maximum atomic E-state index is 13.1. The van der Waals surface area contributed by atoms with Gasteiger partial charge >= 0.3 is 5.97 Å². The Hall–Kier alpha value is -3.05. The Morgan fingerprint density at radius 1 is 1.17 bits per heavy atom. The second-order valence-corrected chi connectivity index (χ2v) is 7.52. The van der Waals surface area contributed by atoms with E-state index in [4.69, 9.17) is 16.3 Å². The average Bonchev–Trinajstić information content (AvgIpc) is 3.03. The van der Waals surface area contributed by atoms with Crippen LogP contribution in [0.15, 0.2) is 54.7 Å². The molecule has 3 aromatic rings. The molecule has 148 valence electrons. The SMILES string of the molecule is CCOC(=O)C1=CN(C(=O)c2ccc(Cl)cc2)CC(C)c2c1[nH]c1ccccc21. The summed E-state index contributed by atoms with van der Waals surface area (Å²) in [5.74, 6) is -0.631. The minimum Gasteiger partial charge on any atom is -0.462 e. The summed E-state index contributed by atoms with van der Waals surface area (Å²) in [6.45, 7) is 4.52. The fourth-order valence-electron chi connectivity index (χ4n) is 3.81. The number of benzene rings is 2. The maximum Gasteiger partial charge on any atom is 0.341 e. The van der Waals surface area contributed by atoms with Gasteiger partial charge in [-0.05, 0) is 42.8 Å². The molecule has 1 aromatic heterocycles. The van der Waals surface area contributed by atoms with Gasteiger partial charge in [0.25, 0.3) is 5.91 Å². The van der Waals surface area contributed by atoms with Crippen LogP contribution < -0.4 is 0 Å². The molecule has 0 saturated carbocycles. The highest BCUT2D eigenvalue weighted by Crippen LogP contribution is 2.37. The van der Waals surface area contributed by atoms with E-state index >= 15 is 0 Å². The Morgan fingerprint density at radius 3 is 2.62 bits per heavy atom. The number of carbonyl (C=O) groups excluding carboxylic acids is 2. The first-order valence-electron chi connectivity index (χ1n) is 9.56. The number of H-pyrrole nitrogens is 1. The molecule has 0 bridgehead atoms. The van der Waals surface area contributed by atoms with E-state index in [-0.39, 0.29) is 18.4 Å². The molecule has 1 amide bonds. The van der Waals surface area contributed by atoms with E-state index in [1.54, 1.807) is 42.3 Å². The lowest BCUT2D eigenvalue weighted by molar-refractivity contribution is -0.136. The molecule has 5 nitrogen and oxygen atoms in total. The van der Waals surface area contributed by atoms with Gasteiger partial charge in [-0.15, -0.1) is 0 Å². The standard InChI is InChI=1S/C23H21ClN2O3/c1-3-29-23(28)18-13-26(22(27)15-8-10-16(24)11-9-15)12-14(2)20-17-6-4-5-7-19(17)25-21(18)20/h4-11,13-14,25H,3,12H2,1-2H3. The van der Waals surface area contributed by atoms with Crippen molar-refractivity contribution >= 4 is 40.0 Å². The number of hydrogen-bond acceptors (Lipinski definition) is 3. The van der Waals surface area contributed by atoms with Crippen molar-refractivity contribution in [2.75, 3.05) is 13.2 Å². The summed E-state index contributed by atoms with van der Waals surface area (Å²) in [6.07, 6.45) is 1.60. The summed E-state index contributed by atoms with van der Waals surface area (Å²) in [5.41, 5.74) is 3.55. The summed E-state index contributed by atoms with van der Waals surface area (Å²) in [5, 5.41) is 1.61. The first kappa shape index (κ1) is 19.3. The zero-order valence-electron chi connectivity index (χ0n) is 16.2. The van der Waals surface area contributed by atoms with Gasteiger partial charge in [-0.25, -0.2) is 4.79 Å². The molecular formula is C23H21ClN2O3. The van der Waals surface area contributed by atoms with Crippen LogP contribution in [-0.4, -0.2) is 34.9 Å². The van der Waals surface area contributed by atoms with Gasteiger partial charge in [0.05, 0.1) is 17.9 Å². The number of para-hydroxylation sites is 1. The second kappa shape index (κ2) is 7.76. The van der Waals surface area contributed by atoms with Crippen LogP contribution in [0.1, 0.15) is 41.4 Å². The van der Waals surface area contributed by atoms with E-state index < -0.39 is 5.97 Å². The number of nitrogens with one attached hydrogen (secondary N) is 1. The summed E-state index contributed by atoms with van der Waals surface area (Å²) >= 11 is 5.95. The molecule has 2 aromatic carbocycles. The van der Waals surface area contributed by atoms with Crippen molar-refractivity contribution in [3.8, 4) is 0 Å². The van der Waals surface area contributed by atoms with Gasteiger partial charge in [0.2, 0.25) is 0 Å². The smallest absolute Gasteiger partial charge is 0.341 e. The Labute approximate surface area is 173 Å². The third-order valence-electron chi connectivity index (χ3n) is 5.11. The van der Waals surface area contributed by atoms with Crippen molar-refractivity contribution in [3.05, 3.63) is 76.6 Å². The predicted molar refractivity (Wildman–Crippen MR) is 114 cm³/mol. The fourth-order valence-corrected chi connectivity index (χ4v) is 3.94. The highest BCUT2D eigenvalue weighted by molar-refractivity contribution is 6.30. The van der Waals surface area contributed by atoms with Crippen LogP contribution in [0, 0.1) is 0 Å². The van der Waals surface area contributed by atoms with Crippen LogP contribution in [0.4, 0.5) is 0 Å². The van der Waals surface area contributed by atoms with Crippen molar-refractivity contribution in [1.29, 1.82) is 0 Å². The molecular weight excluding hydrogens is 388 g/mol. The van der Waals surface area contributed by atoms with Crippen LogP contribution in [0.5, 0.6) is 0 Å². The molecule has 29 heavy (non-hydrogen) atoms. The molecule has 1 aliphatic rings. The number of aromatic amines is 1. The normalized spacial score (nSPS) is 16.2. The van der Waals surface area contributed by atoms with E-state index in [2.05, 4.69) is 11.9 Å². The summed E-state index contributed by atoms with van der Waals surface area (Å²) in [6, 6.07) is 14.7. The van der Waals surface area contributed by atoms with Crippen LogP contribution in [-0.2, 0) is 9.53 Å². The Kier molecular flexibility index (Phi) is 5.16. The first-order chi connectivity index (χ1) is 14.0. The number of fused-ring (bicyclic) bond motifs is 3. The Balaban J connectivity index is 1.84.